The van der Waals surface area contributed by atoms with Crippen LogP contribution >= 0.6 is 0 Å². The Morgan fingerprint density at radius 1 is 1.12 bits per heavy atom. The van der Waals surface area contributed by atoms with Crippen LogP contribution in [0, 0.1) is 6.92 Å². The number of alkyl halides is 3. The van der Waals surface area contributed by atoms with Crippen LogP contribution in [-0.2, 0) is 16.9 Å². The molecule has 0 bridgehead atoms. The molecule has 9 heteroatoms. The quantitative estimate of drug-likeness (QED) is 0.824. The third-order valence-corrected chi connectivity index (χ3v) is 4.50. The van der Waals surface area contributed by atoms with Gasteiger partial charge in [-0.2, -0.15) is 13.2 Å². The van der Waals surface area contributed by atoms with Crippen molar-refractivity contribution in [1.82, 2.24) is 4.57 Å². The van der Waals surface area contributed by atoms with E-state index in [4.69, 9.17) is 4.74 Å². The molecule has 0 fully saturated rings. The highest BCUT2D eigenvalue weighted by molar-refractivity contribution is 7.90. The lowest BCUT2D eigenvalue weighted by atomic mass is 10.1. The van der Waals surface area contributed by atoms with Gasteiger partial charge in [0.2, 0.25) is 0 Å². The van der Waals surface area contributed by atoms with Gasteiger partial charge in [-0.3, -0.25) is 4.79 Å². The Morgan fingerprint density at radius 2 is 1.76 bits per heavy atom. The SMILES string of the molecule is Cc1cc(-c2cc(OCC(F)(F)F)cc(S(C)(=O)=O)c2)cn(C)c1=O. The Kier molecular flexibility index (Phi) is 4.99. The second-order valence-corrected chi connectivity index (χ2v) is 7.71. The van der Waals surface area contributed by atoms with Gasteiger partial charge >= 0.3 is 6.18 Å². The molecule has 0 saturated carbocycles. The molecule has 25 heavy (non-hydrogen) atoms. The molecule has 0 spiro atoms. The van der Waals surface area contributed by atoms with Gasteiger partial charge in [-0.05, 0) is 42.3 Å². The number of pyridine rings is 1. The fourth-order valence-corrected chi connectivity index (χ4v) is 2.91. The number of ether oxygens (including phenoxy) is 1. The first kappa shape index (κ1) is 19.0. The first-order valence-corrected chi connectivity index (χ1v) is 8.98. The molecule has 0 unspecified atom stereocenters. The van der Waals surface area contributed by atoms with Crippen molar-refractivity contribution in [3.63, 3.8) is 0 Å². The van der Waals surface area contributed by atoms with E-state index < -0.39 is 22.6 Å². The van der Waals surface area contributed by atoms with Crippen molar-refractivity contribution >= 4 is 9.84 Å². The van der Waals surface area contributed by atoms with Crippen molar-refractivity contribution in [3.8, 4) is 16.9 Å². The molecular formula is C16H16F3NO4S. The number of nitrogens with zero attached hydrogens (tertiary/aromatic N) is 1. The molecule has 1 heterocycles. The number of sulfone groups is 1. The Labute approximate surface area is 142 Å². The van der Waals surface area contributed by atoms with Gasteiger partial charge in [0, 0.05) is 25.1 Å². The van der Waals surface area contributed by atoms with Crippen LogP contribution in [-0.4, -0.2) is 32.0 Å². The molecule has 1 aromatic carbocycles. The summed E-state index contributed by atoms with van der Waals surface area (Å²) in [5, 5.41) is 0. The van der Waals surface area contributed by atoms with Crippen LogP contribution in [0.25, 0.3) is 11.1 Å². The number of hydrogen-bond donors (Lipinski definition) is 0. The summed E-state index contributed by atoms with van der Waals surface area (Å²) in [7, 11) is -2.14. The van der Waals surface area contributed by atoms with Crippen molar-refractivity contribution in [1.29, 1.82) is 0 Å². The number of benzene rings is 1. The van der Waals surface area contributed by atoms with Crippen LogP contribution in [0.15, 0.2) is 40.2 Å². The smallest absolute Gasteiger partial charge is 0.422 e. The van der Waals surface area contributed by atoms with E-state index >= 15 is 0 Å². The molecule has 136 valence electrons. The van der Waals surface area contributed by atoms with E-state index in [0.29, 0.717) is 16.7 Å². The second-order valence-electron chi connectivity index (χ2n) is 5.70. The Hall–Kier alpha value is -2.29. The van der Waals surface area contributed by atoms with Gasteiger partial charge in [0.1, 0.15) is 5.75 Å². The minimum atomic E-state index is -4.55. The average Bonchev–Trinajstić information content (AvgIpc) is 2.48. The Bertz CT molecular complexity index is 936. The van der Waals surface area contributed by atoms with Crippen molar-refractivity contribution in [2.24, 2.45) is 7.05 Å². The number of hydrogen-bond acceptors (Lipinski definition) is 4. The highest BCUT2D eigenvalue weighted by atomic mass is 32.2. The van der Waals surface area contributed by atoms with Gasteiger partial charge in [-0.1, -0.05) is 0 Å². The fourth-order valence-electron chi connectivity index (χ4n) is 2.24. The maximum absolute atomic E-state index is 12.4. The van der Waals surface area contributed by atoms with E-state index in [1.54, 1.807) is 6.92 Å². The molecule has 0 N–H and O–H groups in total. The summed E-state index contributed by atoms with van der Waals surface area (Å²) in [5.41, 5.74) is 1.01. The number of aromatic nitrogens is 1. The fraction of sp³-hybridized carbons (Fsp3) is 0.312. The third-order valence-electron chi connectivity index (χ3n) is 3.41. The van der Waals surface area contributed by atoms with Crippen molar-refractivity contribution in [3.05, 3.63) is 46.4 Å². The first-order chi connectivity index (χ1) is 11.4. The summed E-state index contributed by atoms with van der Waals surface area (Å²) >= 11 is 0. The van der Waals surface area contributed by atoms with Crippen LogP contribution in [0.1, 0.15) is 5.56 Å². The lowest BCUT2D eigenvalue weighted by Gasteiger charge is -2.13. The molecule has 0 atom stereocenters. The summed E-state index contributed by atoms with van der Waals surface area (Å²) < 4.78 is 66.8. The highest BCUT2D eigenvalue weighted by Gasteiger charge is 2.28. The van der Waals surface area contributed by atoms with E-state index in [1.165, 1.54) is 36.0 Å². The van der Waals surface area contributed by atoms with E-state index in [2.05, 4.69) is 0 Å². The van der Waals surface area contributed by atoms with Crippen molar-refractivity contribution in [2.45, 2.75) is 18.0 Å². The molecule has 0 amide bonds. The van der Waals surface area contributed by atoms with Gasteiger partial charge in [0.05, 0.1) is 4.90 Å². The maximum atomic E-state index is 12.4. The normalized spacial score (nSPS) is 12.2. The van der Waals surface area contributed by atoms with E-state index in [0.717, 1.165) is 12.3 Å². The van der Waals surface area contributed by atoms with Gasteiger partial charge in [-0.25, -0.2) is 8.42 Å². The highest BCUT2D eigenvalue weighted by Crippen LogP contribution is 2.29. The third kappa shape index (κ3) is 4.85. The molecule has 1 aromatic heterocycles. The van der Waals surface area contributed by atoms with Gasteiger partial charge in [-0.15, -0.1) is 0 Å². The summed E-state index contributed by atoms with van der Waals surface area (Å²) in [5.74, 6) is -0.221. The van der Waals surface area contributed by atoms with Crippen molar-refractivity contribution in [2.75, 3.05) is 12.9 Å². The topological polar surface area (TPSA) is 65.4 Å². The lowest BCUT2D eigenvalue weighted by Crippen LogP contribution is -2.19. The minimum absolute atomic E-state index is 0.173. The zero-order valence-corrected chi connectivity index (χ0v) is 14.5. The number of aryl methyl sites for hydroxylation is 2. The lowest BCUT2D eigenvalue weighted by molar-refractivity contribution is -0.153. The molecule has 0 radical (unpaired) electrons. The summed E-state index contributed by atoms with van der Waals surface area (Å²) in [6, 6.07) is 5.21. The Morgan fingerprint density at radius 3 is 2.28 bits per heavy atom. The van der Waals surface area contributed by atoms with E-state index in [9.17, 15) is 26.4 Å². The number of rotatable bonds is 4. The van der Waals surface area contributed by atoms with Gasteiger partial charge < -0.3 is 9.30 Å². The second kappa shape index (κ2) is 6.55. The molecule has 0 saturated heterocycles. The predicted octanol–water partition coefficient (Wildman–Crippen LogP) is 2.71. The minimum Gasteiger partial charge on any atom is -0.484 e. The zero-order chi connectivity index (χ0) is 19.0. The van der Waals surface area contributed by atoms with Crippen LogP contribution in [0.3, 0.4) is 0 Å². The zero-order valence-electron chi connectivity index (χ0n) is 13.7. The van der Waals surface area contributed by atoms with E-state index in [-0.39, 0.29) is 16.2 Å². The van der Waals surface area contributed by atoms with Crippen LogP contribution < -0.4 is 10.3 Å². The standard InChI is InChI=1S/C16H16F3NO4S/c1-10-4-12(8-20(2)15(10)21)11-5-13(24-9-16(17,18)19)7-14(6-11)25(3,22)23/h4-8H,9H2,1-3H3. The molecule has 0 aliphatic rings. The van der Waals surface area contributed by atoms with Crippen LogP contribution in [0.5, 0.6) is 5.75 Å². The monoisotopic (exact) mass is 375 g/mol. The molecule has 2 aromatic rings. The van der Waals surface area contributed by atoms with E-state index in [1.807, 2.05) is 0 Å². The molecular weight excluding hydrogens is 359 g/mol. The van der Waals surface area contributed by atoms with Gasteiger partial charge in [0.25, 0.3) is 5.56 Å². The first-order valence-electron chi connectivity index (χ1n) is 7.09. The number of halogens is 3. The summed E-state index contributed by atoms with van der Waals surface area (Å²) in [6.07, 6.45) is -2.12. The molecule has 0 aliphatic heterocycles. The van der Waals surface area contributed by atoms with Crippen molar-refractivity contribution < 1.29 is 26.3 Å². The molecule has 5 nitrogen and oxygen atoms in total. The Balaban J connectivity index is 2.59. The van der Waals surface area contributed by atoms with Crippen LogP contribution in [0.4, 0.5) is 13.2 Å². The predicted molar refractivity (Wildman–Crippen MR) is 86.5 cm³/mol. The molecule has 2 rings (SSSR count). The summed E-state index contributed by atoms with van der Waals surface area (Å²) in [6.45, 7) is 0.0548. The molecule has 0 aliphatic carbocycles. The largest absolute Gasteiger partial charge is 0.484 e. The van der Waals surface area contributed by atoms with Crippen LogP contribution in [0.2, 0.25) is 0 Å². The maximum Gasteiger partial charge on any atom is 0.422 e. The van der Waals surface area contributed by atoms with Gasteiger partial charge in [0.15, 0.2) is 16.4 Å². The average molecular weight is 375 g/mol. The summed E-state index contributed by atoms with van der Waals surface area (Å²) in [4.78, 5) is 11.6.